The number of tetrazole rings is 1. The number of hydrogen-bond acceptors (Lipinski definition) is 4. The van der Waals surface area contributed by atoms with E-state index >= 15 is 0 Å². The van der Waals surface area contributed by atoms with Crippen molar-refractivity contribution in [3.63, 3.8) is 0 Å². The molecule has 0 spiro atoms. The molecule has 5 rings (SSSR count). The van der Waals surface area contributed by atoms with Crippen LogP contribution in [0.2, 0.25) is 5.02 Å². The second-order valence-corrected chi connectivity index (χ2v) is 7.04. The van der Waals surface area contributed by atoms with Crippen LogP contribution in [0.15, 0.2) is 24.5 Å². The van der Waals surface area contributed by atoms with Crippen LogP contribution in [0.3, 0.4) is 0 Å². The molecular formula is C16H18ClN5O. The molecule has 1 amide bonds. The molecule has 3 aliphatic carbocycles. The normalized spacial score (nSPS) is 26.2. The predicted octanol–water partition coefficient (Wildman–Crippen LogP) is 2.77. The number of carbonyl (C=O) groups is 1. The number of aromatic nitrogens is 4. The second kappa shape index (κ2) is 5.60. The molecule has 2 aromatic rings. The number of benzene rings is 1. The van der Waals surface area contributed by atoms with Crippen molar-refractivity contribution in [1.82, 2.24) is 25.5 Å². The lowest BCUT2D eigenvalue weighted by Gasteiger charge is -2.47. The van der Waals surface area contributed by atoms with Gasteiger partial charge in [-0.05, 0) is 73.1 Å². The lowest BCUT2D eigenvalue weighted by molar-refractivity contribution is 0.0714. The fourth-order valence-electron chi connectivity index (χ4n) is 3.86. The minimum absolute atomic E-state index is 0.0241. The highest BCUT2D eigenvalue weighted by atomic mass is 35.5. The van der Waals surface area contributed by atoms with Gasteiger partial charge in [0.2, 0.25) is 0 Å². The lowest BCUT2D eigenvalue weighted by Crippen LogP contribution is -2.53. The quantitative estimate of drug-likeness (QED) is 0.938. The summed E-state index contributed by atoms with van der Waals surface area (Å²) in [6.45, 7) is 0. The van der Waals surface area contributed by atoms with E-state index in [9.17, 15) is 4.79 Å². The van der Waals surface area contributed by atoms with E-state index in [4.69, 9.17) is 11.6 Å². The Morgan fingerprint density at radius 2 is 2.00 bits per heavy atom. The van der Waals surface area contributed by atoms with Crippen LogP contribution in [-0.4, -0.2) is 31.7 Å². The standard InChI is InChI=1S/C16H18ClN5O/c17-14-9-12(22-10-18-20-21-22)1-2-13(14)15(23)19-16-6-3-11(4-7-16)5-8-16/h1-2,9-11H,3-8H2,(H,19,23). The van der Waals surface area contributed by atoms with Crippen molar-refractivity contribution >= 4 is 17.5 Å². The van der Waals surface area contributed by atoms with Crippen molar-refractivity contribution in [3.8, 4) is 5.69 Å². The highest BCUT2D eigenvalue weighted by Gasteiger charge is 2.41. The third-order valence-electron chi connectivity index (χ3n) is 5.28. The van der Waals surface area contributed by atoms with Crippen LogP contribution in [0.25, 0.3) is 5.69 Å². The van der Waals surface area contributed by atoms with Crippen LogP contribution >= 0.6 is 11.6 Å². The molecule has 120 valence electrons. The summed E-state index contributed by atoms with van der Waals surface area (Å²) in [5.74, 6) is 0.784. The van der Waals surface area contributed by atoms with Crippen LogP contribution in [0, 0.1) is 5.92 Å². The molecule has 0 aliphatic heterocycles. The molecule has 0 radical (unpaired) electrons. The predicted molar refractivity (Wildman–Crippen MR) is 85.6 cm³/mol. The average molecular weight is 332 g/mol. The largest absolute Gasteiger partial charge is 0.347 e. The smallest absolute Gasteiger partial charge is 0.253 e. The molecule has 1 aromatic heterocycles. The van der Waals surface area contributed by atoms with E-state index in [1.165, 1.54) is 30.3 Å². The number of nitrogens with zero attached hydrogens (tertiary/aromatic N) is 4. The number of hydrogen-bond donors (Lipinski definition) is 1. The summed E-state index contributed by atoms with van der Waals surface area (Å²) < 4.78 is 1.51. The van der Waals surface area contributed by atoms with Gasteiger partial charge in [-0.1, -0.05) is 11.6 Å². The van der Waals surface area contributed by atoms with E-state index < -0.39 is 0 Å². The van der Waals surface area contributed by atoms with Gasteiger partial charge in [0.15, 0.2) is 0 Å². The van der Waals surface area contributed by atoms with Crippen molar-refractivity contribution < 1.29 is 4.79 Å². The van der Waals surface area contributed by atoms with E-state index in [0.717, 1.165) is 30.9 Å². The van der Waals surface area contributed by atoms with Gasteiger partial charge < -0.3 is 5.32 Å². The molecule has 6 nitrogen and oxygen atoms in total. The molecule has 1 N–H and O–H groups in total. The van der Waals surface area contributed by atoms with Crippen molar-refractivity contribution in [3.05, 3.63) is 35.1 Å². The molecule has 0 saturated heterocycles. The number of fused-ring (bicyclic) bond motifs is 3. The number of carbonyl (C=O) groups excluding carboxylic acids is 1. The molecule has 1 heterocycles. The molecule has 7 heteroatoms. The molecule has 0 atom stereocenters. The highest BCUT2D eigenvalue weighted by Crippen LogP contribution is 2.44. The maximum atomic E-state index is 12.7. The summed E-state index contributed by atoms with van der Waals surface area (Å²) in [5.41, 5.74) is 1.21. The van der Waals surface area contributed by atoms with Gasteiger partial charge in [-0.3, -0.25) is 4.79 Å². The van der Waals surface area contributed by atoms with Crippen LogP contribution in [0.1, 0.15) is 48.9 Å². The molecule has 23 heavy (non-hydrogen) atoms. The Morgan fingerprint density at radius 1 is 1.26 bits per heavy atom. The monoisotopic (exact) mass is 331 g/mol. The molecule has 3 fully saturated rings. The van der Waals surface area contributed by atoms with Gasteiger partial charge in [-0.2, -0.15) is 0 Å². The minimum atomic E-state index is -0.0846. The molecular weight excluding hydrogens is 314 g/mol. The first kappa shape index (κ1) is 14.6. The van der Waals surface area contributed by atoms with Gasteiger partial charge in [0.25, 0.3) is 5.91 Å². The molecule has 3 saturated carbocycles. The summed E-state index contributed by atoms with van der Waals surface area (Å²) in [4.78, 5) is 12.7. The topological polar surface area (TPSA) is 72.7 Å². The first-order valence-electron chi connectivity index (χ1n) is 8.01. The first-order chi connectivity index (χ1) is 11.2. The number of amides is 1. The summed E-state index contributed by atoms with van der Waals surface area (Å²) in [6.07, 6.45) is 8.44. The second-order valence-electron chi connectivity index (χ2n) is 6.64. The number of nitrogens with one attached hydrogen (secondary N) is 1. The van der Waals surface area contributed by atoms with Crippen LogP contribution in [0.4, 0.5) is 0 Å². The average Bonchev–Trinajstić information content (AvgIpc) is 3.10. The van der Waals surface area contributed by atoms with Crippen molar-refractivity contribution in [2.75, 3.05) is 0 Å². The van der Waals surface area contributed by atoms with Crippen LogP contribution in [-0.2, 0) is 0 Å². The summed E-state index contributed by atoms with van der Waals surface area (Å²) >= 11 is 6.31. The Balaban J connectivity index is 1.54. The zero-order valence-corrected chi connectivity index (χ0v) is 13.5. The fraction of sp³-hybridized carbons (Fsp3) is 0.500. The number of halogens is 1. The van der Waals surface area contributed by atoms with Gasteiger partial charge in [0.05, 0.1) is 16.3 Å². The SMILES string of the molecule is O=C(NC12CCC(CC1)CC2)c1ccc(-n2cnnn2)cc1Cl. The first-order valence-corrected chi connectivity index (χ1v) is 8.38. The Kier molecular flexibility index (Phi) is 3.56. The Labute approximate surface area is 139 Å². The van der Waals surface area contributed by atoms with Gasteiger partial charge in [-0.25, -0.2) is 4.68 Å². The van der Waals surface area contributed by atoms with E-state index in [1.54, 1.807) is 18.2 Å². The Morgan fingerprint density at radius 3 is 2.61 bits per heavy atom. The van der Waals surface area contributed by atoms with E-state index in [-0.39, 0.29) is 11.4 Å². The van der Waals surface area contributed by atoms with Crippen molar-refractivity contribution in [2.24, 2.45) is 5.92 Å². The van der Waals surface area contributed by atoms with E-state index in [0.29, 0.717) is 10.6 Å². The van der Waals surface area contributed by atoms with Crippen molar-refractivity contribution in [2.45, 2.75) is 44.1 Å². The van der Waals surface area contributed by atoms with Crippen molar-refractivity contribution in [1.29, 1.82) is 0 Å². The fourth-order valence-corrected chi connectivity index (χ4v) is 4.12. The van der Waals surface area contributed by atoms with Gasteiger partial charge in [-0.15, -0.1) is 5.10 Å². The highest BCUT2D eigenvalue weighted by molar-refractivity contribution is 6.34. The van der Waals surface area contributed by atoms with Gasteiger partial charge in [0, 0.05) is 5.54 Å². The third kappa shape index (κ3) is 2.72. The van der Waals surface area contributed by atoms with E-state index in [1.807, 2.05) is 0 Å². The molecule has 2 bridgehead atoms. The maximum Gasteiger partial charge on any atom is 0.253 e. The Hall–Kier alpha value is -1.95. The minimum Gasteiger partial charge on any atom is -0.347 e. The Bertz CT molecular complexity index is 708. The van der Waals surface area contributed by atoms with E-state index in [2.05, 4.69) is 20.8 Å². The van der Waals surface area contributed by atoms with Crippen LogP contribution in [0.5, 0.6) is 0 Å². The third-order valence-corrected chi connectivity index (χ3v) is 5.60. The molecule has 3 aliphatic rings. The zero-order chi connectivity index (χ0) is 15.9. The van der Waals surface area contributed by atoms with Crippen LogP contribution < -0.4 is 5.32 Å². The maximum absolute atomic E-state index is 12.7. The summed E-state index contributed by atoms with van der Waals surface area (Å²) in [6, 6.07) is 5.24. The number of rotatable bonds is 3. The van der Waals surface area contributed by atoms with Gasteiger partial charge in [0.1, 0.15) is 6.33 Å². The summed E-state index contributed by atoms with van der Waals surface area (Å²) in [5, 5.41) is 14.7. The lowest BCUT2D eigenvalue weighted by atomic mass is 9.66. The van der Waals surface area contributed by atoms with Gasteiger partial charge >= 0.3 is 0 Å². The zero-order valence-electron chi connectivity index (χ0n) is 12.7. The summed E-state index contributed by atoms with van der Waals surface area (Å²) in [7, 11) is 0. The molecule has 0 unspecified atom stereocenters. The molecule has 1 aromatic carbocycles.